The van der Waals surface area contributed by atoms with Crippen molar-refractivity contribution in [3.8, 4) is 0 Å². The zero-order valence-electron chi connectivity index (χ0n) is 12.4. The van der Waals surface area contributed by atoms with Crippen LogP contribution in [0.3, 0.4) is 0 Å². The SMILES string of the molecule is CN1CC(C)(C)N(C2CCCCC2)CC1CCO. The summed E-state index contributed by atoms with van der Waals surface area (Å²) in [5, 5.41) is 9.22. The van der Waals surface area contributed by atoms with Crippen LogP contribution in [-0.2, 0) is 0 Å². The Morgan fingerprint density at radius 1 is 1.17 bits per heavy atom. The van der Waals surface area contributed by atoms with E-state index in [0.717, 1.165) is 25.6 Å². The van der Waals surface area contributed by atoms with Gasteiger partial charge in [0.25, 0.3) is 0 Å². The van der Waals surface area contributed by atoms with Crippen LogP contribution < -0.4 is 0 Å². The average Bonchev–Trinajstić information content (AvgIpc) is 2.33. The summed E-state index contributed by atoms with van der Waals surface area (Å²) in [5.41, 5.74) is 0.280. The van der Waals surface area contributed by atoms with Crippen LogP contribution in [0.1, 0.15) is 52.4 Å². The van der Waals surface area contributed by atoms with Gasteiger partial charge in [-0.25, -0.2) is 0 Å². The minimum Gasteiger partial charge on any atom is -0.396 e. The molecule has 1 aliphatic carbocycles. The lowest BCUT2D eigenvalue weighted by molar-refractivity contribution is -0.0463. The summed E-state index contributed by atoms with van der Waals surface area (Å²) < 4.78 is 0. The fourth-order valence-electron chi connectivity index (χ4n) is 3.94. The van der Waals surface area contributed by atoms with E-state index in [1.165, 1.54) is 32.1 Å². The largest absolute Gasteiger partial charge is 0.396 e. The van der Waals surface area contributed by atoms with Crippen molar-refractivity contribution in [2.24, 2.45) is 0 Å². The number of nitrogens with zero attached hydrogens (tertiary/aromatic N) is 2. The monoisotopic (exact) mass is 254 g/mol. The maximum absolute atomic E-state index is 9.22. The van der Waals surface area contributed by atoms with Crippen molar-refractivity contribution >= 4 is 0 Å². The molecule has 3 heteroatoms. The first-order valence-electron chi connectivity index (χ1n) is 7.62. The molecule has 0 amide bonds. The number of aliphatic hydroxyl groups excluding tert-OH is 1. The Morgan fingerprint density at radius 2 is 1.83 bits per heavy atom. The molecule has 0 aromatic carbocycles. The van der Waals surface area contributed by atoms with Gasteiger partial charge in [0, 0.05) is 37.3 Å². The summed E-state index contributed by atoms with van der Waals surface area (Å²) in [7, 11) is 2.21. The Labute approximate surface area is 112 Å². The maximum atomic E-state index is 9.22. The maximum Gasteiger partial charge on any atom is 0.0446 e. The molecule has 2 fully saturated rings. The third-order valence-corrected chi connectivity index (χ3v) is 4.92. The molecule has 0 radical (unpaired) electrons. The molecule has 2 aliphatic rings. The molecule has 2 rings (SSSR count). The van der Waals surface area contributed by atoms with Crippen molar-refractivity contribution < 1.29 is 5.11 Å². The topological polar surface area (TPSA) is 26.7 Å². The van der Waals surface area contributed by atoms with Gasteiger partial charge in [-0.05, 0) is 40.2 Å². The summed E-state index contributed by atoms with van der Waals surface area (Å²) in [5.74, 6) is 0. The van der Waals surface area contributed by atoms with Crippen LogP contribution in [0.15, 0.2) is 0 Å². The Kier molecular flexibility index (Phi) is 4.68. The lowest BCUT2D eigenvalue weighted by atomic mass is 9.87. The predicted molar refractivity (Wildman–Crippen MR) is 75.8 cm³/mol. The standard InChI is InChI=1S/C15H30N2O/c1-15(2)12-16(3)14(9-10-18)11-17(15)13-7-5-4-6-8-13/h13-14,18H,4-12H2,1-3H3. The number of aliphatic hydroxyl groups is 1. The van der Waals surface area contributed by atoms with Gasteiger partial charge in [-0.1, -0.05) is 19.3 Å². The molecule has 1 saturated heterocycles. The second-order valence-corrected chi connectivity index (χ2v) is 6.84. The highest BCUT2D eigenvalue weighted by Crippen LogP contribution is 2.32. The quantitative estimate of drug-likeness (QED) is 0.835. The van der Waals surface area contributed by atoms with E-state index in [4.69, 9.17) is 0 Å². The second-order valence-electron chi connectivity index (χ2n) is 6.84. The second kappa shape index (κ2) is 5.89. The molecule has 18 heavy (non-hydrogen) atoms. The Bertz CT molecular complexity index is 261. The minimum absolute atomic E-state index is 0.280. The van der Waals surface area contributed by atoms with Gasteiger partial charge in [-0.15, -0.1) is 0 Å². The van der Waals surface area contributed by atoms with E-state index < -0.39 is 0 Å². The van der Waals surface area contributed by atoms with Crippen LogP contribution in [0, 0.1) is 0 Å². The number of hydrogen-bond donors (Lipinski definition) is 1. The Balaban J connectivity index is 2.05. The fraction of sp³-hybridized carbons (Fsp3) is 1.00. The summed E-state index contributed by atoms with van der Waals surface area (Å²) in [6, 6.07) is 1.31. The van der Waals surface area contributed by atoms with Crippen molar-refractivity contribution in [2.75, 3.05) is 26.7 Å². The smallest absolute Gasteiger partial charge is 0.0446 e. The van der Waals surface area contributed by atoms with Crippen LogP contribution in [-0.4, -0.2) is 59.3 Å². The molecular weight excluding hydrogens is 224 g/mol. The van der Waals surface area contributed by atoms with Crippen LogP contribution in [0.5, 0.6) is 0 Å². The van der Waals surface area contributed by atoms with Crippen LogP contribution >= 0.6 is 0 Å². The molecule has 1 atom stereocenters. The molecule has 1 aliphatic heterocycles. The van der Waals surface area contributed by atoms with E-state index in [0.29, 0.717) is 12.6 Å². The normalized spacial score (nSPS) is 31.7. The molecule has 0 spiro atoms. The van der Waals surface area contributed by atoms with Crippen LogP contribution in [0.2, 0.25) is 0 Å². The summed E-state index contributed by atoms with van der Waals surface area (Å²) in [4.78, 5) is 5.18. The first-order valence-corrected chi connectivity index (χ1v) is 7.62. The van der Waals surface area contributed by atoms with E-state index >= 15 is 0 Å². The first kappa shape index (κ1) is 14.3. The van der Waals surface area contributed by atoms with Crippen molar-refractivity contribution in [3.05, 3.63) is 0 Å². The van der Waals surface area contributed by atoms with E-state index in [9.17, 15) is 5.11 Å². The van der Waals surface area contributed by atoms with Gasteiger partial charge in [0.1, 0.15) is 0 Å². The van der Waals surface area contributed by atoms with Crippen molar-refractivity contribution in [3.63, 3.8) is 0 Å². The summed E-state index contributed by atoms with van der Waals surface area (Å²) >= 11 is 0. The Hall–Kier alpha value is -0.120. The lowest BCUT2D eigenvalue weighted by Crippen LogP contribution is -2.65. The Morgan fingerprint density at radius 3 is 2.44 bits per heavy atom. The molecule has 0 bridgehead atoms. The summed E-state index contributed by atoms with van der Waals surface area (Å²) in [6.45, 7) is 7.33. The highest BCUT2D eigenvalue weighted by Gasteiger charge is 2.40. The average molecular weight is 254 g/mol. The van der Waals surface area contributed by atoms with Gasteiger partial charge in [-0.3, -0.25) is 4.90 Å². The van der Waals surface area contributed by atoms with Gasteiger partial charge in [0.05, 0.1) is 0 Å². The van der Waals surface area contributed by atoms with Gasteiger partial charge < -0.3 is 10.0 Å². The summed E-state index contributed by atoms with van der Waals surface area (Å²) in [6.07, 6.45) is 7.88. The van der Waals surface area contributed by atoms with Crippen LogP contribution in [0.4, 0.5) is 0 Å². The van der Waals surface area contributed by atoms with Gasteiger partial charge in [0.2, 0.25) is 0 Å². The fourth-order valence-corrected chi connectivity index (χ4v) is 3.94. The van der Waals surface area contributed by atoms with Crippen molar-refractivity contribution in [1.29, 1.82) is 0 Å². The van der Waals surface area contributed by atoms with Crippen LogP contribution in [0.25, 0.3) is 0 Å². The lowest BCUT2D eigenvalue weighted by Gasteiger charge is -2.54. The van der Waals surface area contributed by atoms with E-state index in [-0.39, 0.29) is 5.54 Å². The van der Waals surface area contributed by atoms with E-state index in [2.05, 4.69) is 30.7 Å². The first-order chi connectivity index (χ1) is 8.54. The van der Waals surface area contributed by atoms with E-state index in [1.807, 2.05) is 0 Å². The number of likely N-dealkylation sites (N-methyl/N-ethyl adjacent to an activating group) is 1. The van der Waals surface area contributed by atoms with E-state index in [1.54, 1.807) is 0 Å². The molecular formula is C15H30N2O. The molecule has 0 aromatic heterocycles. The molecule has 1 unspecified atom stereocenters. The number of piperazine rings is 1. The highest BCUT2D eigenvalue weighted by molar-refractivity contribution is 4.97. The third kappa shape index (κ3) is 3.06. The van der Waals surface area contributed by atoms with Crippen molar-refractivity contribution in [1.82, 2.24) is 9.80 Å². The third-order valence-electron chi connectivity index (χ3n) is 4.92. The zero-order chi connectivity index (χ0) is 13.2. The minimum atomic E-state index is 0.280. The zero-order valence-corrected chi connectivity index (χ0v) is 12.4. The molecule has 1 N–H and O–H groups in total. The van der Waals surface area contributed by atoms with Gasteiger partial charge >= 0.3 is 0 Å². The molecule has 3 nitrogen and oxygen atoms in total. The van der Waals surface area contributed by atoms with Gasteiger partial charge in [0.15, 0.2) is 0 Å². The highest BCUT2D eigenvalue weighted by atomic mass is 16.3. The molecule has 1 heterocycles. The molecule has 0 aromatic rings. The van der Waals surface area contributed by atoms with Gasteiger partial charge in [-0.2, -0.15) is 0 Å². The molecule has 1 saturated carbocycles. The number of hydrogen-bond acceptors (Lipinski definition) is 3. The predicted octanol–water partition coefficient (Wildman–Crippen LogP) is 2.10. The molecule has 106 valence electrons. The number of rotatable bonds is 3. The van der Waals surface area contributed by atoms with Crippen molar-refractivity contribution in [2.45, 2.75) is 70.0 Å².